The molecule has 0 radical (unpaired) electrons. The van der Waals surface area contributed by atoms with E-state index in [0.717, 1.165) is 30.9 Å². The molecule has 0 unspecified atom stereocenters. The van der Waals surface area contributed by atoms with Crippen molar-refractivity contribution in [2.24, 2.45) is 0 Å². The van der Waals surface area contributed by atoms with Crippen LogP contribution in [0.3, 0.4) is 0 Å². The van der Waals surface area contributed by atoms with Crippen LogP contribution in [0.5, 0.6) is 5.75 Å². The van der Waals surface area contributed by atoms with Gasteiger partial charge in [0.05, 0.1) is 6.61 Å². The van der Waals surface area contributed by atoms with Gasteiger partial charge in [0.2, 0.25) is 0 Å². The number of aliphatic hydroxyl groups excluding tert-OH is 1. The van der Waals surface area contributed by atoms with Gasteiger partial charge in [-0.25, -0.2) is 0 Å². The van der Waals surface area contributed by atoms with Crippen LogP contribution in [0.1, 0.15) is 11.1 Å². The molecule has 0 aliphatic carbocycles. The topological polar surface area (TPSA) is 53.5 Å². The smallest absolute Gasteiger partial charge is 0.124 e. The van der Waals surface area contributed by atoms with Gasteiger partial charge in [-0.15, -0.1) is 12.4 Å². The molecule has 3 N–H and O–H groups in total. The average Bonchev–Trinajstić information content (AvgIpc) is 2.58. The maximum Gasteiger partial charge on any atom is 0.124 e. The number of hydrogen-bond donors (Lipinski definition) is 3. The van der Waals surface area contributed by atoms with Crippen molar-refractivity contribution in [3.63, 3.8) is 0 Å². The molecule has 2 rings (SSSR count). The van der Waals surface area contributed by atoms with E-state index in [0.29, 0.717) is 13.2 Å². The number of benzene rings is 2. The molecule has 0 amide bonds. The number of aliphatic hydroxyl groups is 1. The number of nitrogens with one attached hydrogen (secondary N) is 2. The molecule has 126 valence electrons. The molecule has 0 heterocycles. The highest BCUT2D eigenvalue weighted by Crippen LogP contribution is 2.19. The van der Waals surface area contributed by atoms with Crippen LogP contribution in [-0.4, -0.2) is 31.3 Å². The highest BCUT2D eigenvalue weighted by atomic mass is 35.5. The van der Waals surface area contributed by atoms with Gasteiger partial charge >= 0.3 is 0 Å². The van der Waals surface area contributed by atoms with Crippen LogP contribution >= 0.6 is 12.4 Å². The second kappa shape index (κ2) is 11.9. The van der Waals surface area contributed by atoms with Crippen LogP contribution in [0.2, 0.25) is 0 Å². The SMILES string of the molecule is Cl.OCCNCCNCc1ccccc1OCc1ccccc1. The van der Waals surface area contributed by atoms with Gasteiger partial charge in [-0.2, -0.15) is 0 Å². The highest BCUT2D eigenvalue weighted by Gasteiger charge is 2.03. The van der Waals surface area contributed by atoms with Gasteiger partial charge in [0.25, 0.3) is 0 Å². The lowest BCUT2D eigenvalue weighted by Gasteiger charge is -2.12. The van der Waals surface area contributed by atoms with E-state index >= 15 is 0 Å². The summed E-state index contributed by atoms with van der Waals surface area (Å²) < 4.78 is 5.93. The van der Waals surface area contributed by atoms with Gasteiger partial charge in [0.15, 0.2) is 0 Å². The molecule has 23 heavy (non-hydrogen) atoms. The number of hydrogen-bond acceptors (Lipinski definition) is 4. The summed E-state index contributed by atoms with van der Waals surface area (Å²) in [6.45, 7) is 3.86. The lowest BCUT2D eigenvalue weighted by Crippen LogP contribution is -2.28. The quantitative estimate of drug-likeness (QED) is 0.583. The van der Waals surface area contributed by atoms with Crippen LogP contribution < -0.4 is 15.4 Å². The maximum atomic E-state index is 8.69. The van der Waals surface area contributed by atoms with Crippen molar-refractivity contribution in [3.05, 3.63) is 65.7 Å². The van der Waals surface area contributed by atoms with E-state index < -0.39 is 0 Å². The molecular weight excluding hydrogens is 312 g/mol. The predicted octanol–water partition coefficient (Wildman–Crippen LogP) is 2.36. The molecule has 0 aliphatic rings. The van der Waals surface area contributed by atoms with Gasteiger partial charge in [-0.3, -0.25) is 0 Å². The predicted molar refractivity (Wildman–Crippen MR) is 96.1 cm³/mol. The molecule has 5 heteroatoms. The van der Waals surface area contributed by atoms with Gasteiger partial charge in [-0.1, -0.05) is 48.5 Å². The number of rotatable bonds is 10. The number of para-hydroxylation sites is 1. The van der Waals surface area contributed by atoms with Gasteiger partial charge in [-0.05, 0) is 11.6 Å². The molecule has 2 aromatic rings. The zero-order valence-corrected chi connectivity index (χ0v) is 14.0. The second-order valence-electron chi connectivity index (χ2n) is 5.03. The Labute approximate surface area is 144 Å². The molecule has 0 saturated carbocycles. The van der Waals surface area contributed by atoms with E-state index in [1.807, 2.05) is 36.4 Å². The molecule has 0 aliphatic heterocycles. The minimum absolute atomic E-state index is 0. The van der Waals surface area contributed by atoms with Crippen molar-refractivity contribution in [1.82, 2.24) is 10.6 Å². The van der Waals surface area contributed by atoms with Crippen molar-refractivity contribution >= 4 is 12.4 Å². The molecule has 0 bridgehead atoms. The first-order valence-electron chi connectivity index (χ1n) is 7.67. The molecule has 0 saturated heterocycles. The third-order valence-corrected chi connectivity index (χ3v) is 3.29. The number of ether oxygens (including phenoxy) is 1. The molecule has 2 aromatic carbocycles. The van der Waals surface area contributed by atoms with Crippen LogP contribution in [0.4, 0.5) is 0 Å². The highest BCUT2D eigenvalue weighted by molar-refractivity contribution is 5.85. The average molecular weight is 337 g/mol. The molecular formula is C18H25ClN2O2. The van der Waals surface area contributed by atoms with Crippen LogP contribution in [0.15, 0.2) is 54.6 Å². The first-order chi connectivity index (χ1) is 10.9. The van der Waals surface area contributed by atoms with Gasteiger partial charge in [0, 0.05) is 31.7 Å². The Hall–Kier alpha value is -1.59. The van der Waals surface area contributed by atoms with Crippen LogP contribution in [0.25, 0.3) is 0 Å². The summed E-state index contributed by atoms with van der Waals surface area (Å²) in [6.07, 6.45) is 0. The third-order valence-electron chi connectivity index (χ3n) is 3.29. The van der Waals surface area contributed by atoms with Gasteiger partial charge < -0.3 is 20.5 Å². The van der Waals surface area contributed by atoms with E-state index in [9.17, 15) is 0 Å². The first-order valence-corrected chi connectivity index (χ1v) is 7.67. The van der Waals surface area contributed by atoms with E-state index in [1.165, 1.54) is 5.56 Å². The first kappa shape index (κ1) is 19.5. The zero-order chi connectivity index (χ0) is 15.5. The van der Waals surface area contributed by atoms with Crippen LogP contribution in [0, 0.1) is 0 Å². The van der Waals surface area contributed by atoms with Crippen molar-refractivity contribution in [3.8, 4) is 5.75 Å². The minimum atomic E-state index is 0. The Kier molecular flexibility index (Phi) is 10.1. The molecule has 0 spiro atoms. The normalized spacial score (nSPS) is 10.1. The standard InChI is InChI=1S/C18H24N2O2.ClH/c21-13-12-19-10-11-20-14-17-8-4-5-9-18(17)22-15-16-6-2-1-3-7-16;/h1-9,19-21H,10-15H2;1H. The summed E-state index contributed by atoms with van der Waals surface area (Å²) in [4.78, 5) is 0. The Bertz CT molecular complexity index is 538. The number of halogens is 1. The summed E-state index contributed by atoms with van der Waals surface area (Å²) in [7, 11) is 0. The largest absolute Gasteiger partial charge is 0.489 e. The molecule has 4 nitrogen and oxygen atoms in total. The van der Waals surface area contributed by atoms with Crippen molar-refractivity contribution < 1.29 is 9.84 Å². The van der Waals surface area contributed by atoms with Crippen LogP contribution in [-0.2, 0) is 13.2 Å². The fourth-order valence-corrected chi connectivity index (χ4v) is 2.13. The fraction of sp³-hybridized carbons (Fsp3) is 0.333. The van der Waals surface area contributed by atoms with Crippen molar-refractivity contribution in [2.75, 3.05) is 26.2 Å². The molecule has 0 fully saturated rings. The lowest BCUT2D eigenvalue weighted by atomic mass is 10.2. The second-order valence-corrected chi connectivity index (χ2v) is 5.03. The van der Waals surface area contributed by atoms with Gasteiger partial charge in [0.1, 0.15) is 12.4 Å². The minimum Gasteiger partial charge on any atom is -0.489 e. The monoisotopic (exact) mass is 336 g/mol. The maximum absolute atomic E-state index is 8.69. The Morgan fingerprint density at radius 2 is 1.52 bits per heavy atom. The Morgan fingerprint density at radius 3 is 2.30 bits per heavy atom. The molecule has 0 atom stereocenters. The Balaban J connectivity index is 0.00000264. The summed E-state index contributed by atoms with van der Waals surface area (Å²) in [5.41, 5.74) is 2.32. The summed E-state index contributed by atoms with van der Waals surface area (Å²) in [6, 6.07) is 18.3. The van der Waals surface area contributed by atoms with E-state index in [4.69, 9.17) is 9.84 Å². The van der Waals surface area contributed by atoms with Crippen molar-refractivity contribution in [2.45, 2.75) is 13.2 Å². The summed E-state index contributed by atoms with van der Waals surface area (Å²) >= 11 is 0. The summed E-state index contributed by atoms with van der Waals surface area (Å²) in [5, 5.41) is 15.2. The van der Waals surface area contributed by atoms with E-state index in [2.05, 4.69) is 28.8 Å². The fourth-order valence-electron chi connectivity index (χ4n) is 2.13. The van der Waals surface area contributed by atoms with E-state index in [1.54, 1.807) is 0 Å². The van der Waals surface area contributed by atoms with E-state index in [-0.39, 0.29) is 19.0 Å². The lowest BCUT2D eigenvalue weighted by molar-refractivity contribution is 0.292. The Morgan fingerprint density at radius 1 is 0.826 bits per heavy atom. The zero-order valence-electron chi connectivity index (χ0n) is 13.2. The third kappa shape index (κ3) is 7.48. The van der Waals surface area contributed by atoms with Crippen molar-refractivity contribution in [1.29, 1.82) is 0 Å². The molecule has 0 aromatic heterocycles. The summed E-state index contributed by atoms with van der Waals surface area (Å²) in [5.74, 6) is 0.919.